The lowest BCUT2D eigenvalue weighted by molar-refractivity contribution is 0.264. The number of rotatable bonds is 4. The van der Waals surface area contributed by atoms with Gasteiger partial charge in [-0.15, -0.1) is 0 Å². The molecule has 2 heterocycles. The Balaban J connectivity index is 2.01. The topological polar surface area (TPSA) is 41.1 Å². The van der Waals surface area contributed by atoms with E-state index in [1.54, 1.807) is 0 Å². The van der Waals surface area contributed by atoms with E-state index in [1.807, 2.05) is 24.2 Å². The van der Waals surface area contributed by atoms with Crippen molar-refractivity contribution < 1.29 is 0 Å². The summed E-state index contributed by atoms with van der Waals surface area (Å²) in [5.41, 5.74) is 1.15. The van der Waals surface area contributed by atoms with Gasteiger partial charge in [-0.1, -0.05) is 6.92 Å². The lowest BCUT2D eigenvalue weighted by atomic mass is 10.2. The molecule has 5 heteroatoms. The largest absolute Gasteiger partial charge is 0.313 e. The molecular formula is C12H20N4S. The van der Waals surface area contributed by atoms with Crippen molar-refractivity contribution >= 4 is 11.8 Å². The maximum absolute atomic E-state index is 4.50. The van der Waals surface area contributed by atoms with Gasteiger partial charge in [-0.05, 0) is 13.6 Å². The van der Waals surface area contributed by atoms with Gasteiger partial charge in [0.05, 0.1) is 6.04 Å². The second-order valence-corrected chi connectivity index (χ2v) is 5.45. The van der Waals surface area contributed by atoms with Crippen molar-refractivity contribution in [3.8, 4) is 0 Å². The summed E-state index contributed by atoms with van der Waals surface area (Å²) in [5.74, 6) is 3.27. The van der Waals surface area contributed by atoms with Crippen LogP contribution in [0, 0.1) is 0 Å². The van der Waals surface area contributed by atoms with Gasteiger partial charge in [0.25, 0.3) is 0 Å². The number of hydrogen-bond donors (Lipinski definition) is 1. The van der Waals surface area contributed by atoms with E-state index >= 15 is 0 Å². The Kier molecular flexibility index (Phi) is 4.76. The SMILES string of the molecule is CCNCc1cnc(C2CSCCN2C)nc1. The van der Waals surface area contributed by atoms with Crippen LogP contribution in [0.4, 0.5) is 0 Å². The maximum Gasteiger partial charge on any atom is 0.146 e. The molecule has 1 unspecified atom stereocenters. The van der Waals surface area contributed by atoms with Crippen LogP contribution in [0.15, 0.2) is 12.4 Å². The van der Waals surface area contributed by atoms with Crippen molar-refractivity contribution in [2.45, 2.75) is 19.5 Å². The molecule has 0 spiro atoms. The Bertz CT molecular complexity index is 341. The van der Waals surface area contributed by atoms with Gasteiger partial charge in [0.2, 0.25) is 0 Å². The average Bonchev–Trinajstić information content (AvgIpc) is 2.38. The number of nitrogens with one attached hydrogen (secondary N) is 1. The molecule has 0 saturated carbocycles. The normalized spacial score (nSPS) is 21.6. The van der Waals surface area contributed by atoms with Crippen LogP contribution in [0.25, 0.3) is 0 Å². The van der Waals surface area contributed by atoms with Crippen LogP contribution in [0.1, 0.15) is 24.4 Å². The zero-order chi connectivity index (χ0) is 12.1. The molecule has 17 heavy (non-hydrogen) atoms. The first-order valence-electron chi connectivity index (χ1n) is 6.10. The fourth-order valence-electron chi connectivity index (χ4n) is 1.86. The molecule has 0 aliphatic carbocycles. The summed E-state index contributed by atoms with van der Waals surface area (Å²) in [6.07, 6.45) is 3.89. The van der Waals surface area contributed by atoms with Crippen LogP contribution < -0.4 is 5.32 Å². The number of hydrogen-bond acceptors (Lipinski definition) is 5. The quantitative estimate of drug-likeness (QED) is 0.875. The van der Waals surface area contributed by atoms with E-state index < -0.39 is 0 Å². The van der Waals surface area contributed by atoms with Crippen molar-refractivity contribution in [1.29, 1.82) is 0 Å². The molecule has 1 fully saturated rings. The fraction of sp³-hybridized carbons (Fsp3) is 0.667. The van der Waals surface area contributed by atoms with Gasteiger partial charge in [0.15, 0.2) is 0 Å². The summed E-state index contributed by atoms with van der Waals surface area (Å²) in [5, 5.41) is 3.28. The van der Waals surface area contributed by atoms with Crippen molar-refractivity contribution in [3.05, 3.63) is 23.8 Å². The Labute approximate surface area is 107 Å². The predicted octanol–water partition coefficient (Wildman–Crippen LogP) is 1.31. The summed E-state index contributed by atoms with van der Waals surface area (Å²) in [7, 11) is 2.15. The molecule has 1 N–H and O–H groups in total. The van der Waals surface area contributed by atoms with E-state index in [0.29, 0.717) is 6.04 Å². The minimum absolute atomic E-state index is 0.377. The number of thioether (sulfide) groups is 1. The van der Waals surface area contributed by atoms with Crippen LogP contribution in [0.2, 0.25) is 0 Å². The molecule has 2 rings (SSSR count). The molecule has 0 radical (unpaired) electrons. The van der Waals surface area contributed by atoms with E-state index in [2.05, 4.69) is 34.2 Å². The van der Waals surface area contributed by atoms with Gasteiger partial charge >= 0.3 is 0 Å². The van der Waals surface area contributed by atoms with Gasteiger partial charge in [-0.3, -0.25) is 4.90 Å². The third kappa shape index (κ3) is 3.40. The second kappa shape index (κ2) is 6.33. The highest BCUT2D eigenvalue weighted by molar-refractivity contribution is 7.99. The monoisotopic (exact) mass is 252 g/mol. The highest BCUT2D eigenvalue weighted by Gasteiger charge is 2.23. The molecule has 1 aliphatic rings. The molecule has 0 amide bonds. The zero-order valence-electron chi connectivity index (χ0n) is 10.5. The fourth-order valence-corrected chi connectivity index (χ4v) is 3.07. The molecule has 0 aromatic carbocycles. The standard InChI is InChI=1S/C12H20N4S/c1-3-13-6-10-7-14-12(15-8-10)11-9-17-5-4-16(11)2/h7-8,11,13H,3-6,9H2,1-2H3. The number of nitrogens with zero attached hydrogens (tertiary/aromatic N) is 3. The van der Waals surface area contributed by atoms with Crippen LogP contribution in [-0.4, -0.2) is 46.5 Å². The van der Waals surface area contributed by atoms with E-state index in [0.717, 1.165) is 36.8 Å². The van der Waals surface area contributed by atoms with Gasteiger partial charge in [0, 0.05) is 42.6 Å². The van der Waals surface area contributed by atoms with E-state index in [9.17, 15) is 0 Å². The first kappa shape index (κ1) is 12.8. The molecule has 1 saturated heterocycles. The summed E-state index contributed by atoms with van der Waals surface area (Å²) in [4.78, 5) is 11.3. The van der Waals surface area contributed by atoms with Crippen molar-refractivity contribution in [1.82, 2.24) is 20.2 Å². The highest BCUT2D eigenvalue weighted by atomic mass is 32.2. The van der Waals surface area contributed by atoms with Crippen molar-refractivity contribution in [2.24, 2.45) is 0 Å². The molecule has 0 bridgehead atoms. The van der Waals surface area contributed by atoms with Crippen molar-refractivity contribution in [3.63, 3.8) is 0 Å². The van der Waals surface area contributed by atoms with E-state index in [1.165, 1.54) is 5.75 Å². The average molecular weight is 252 g/mol. The third-order valence-electron chi connectivity index (χ3n) is 3.00. The first-order chi connectivity index (χ1) is 8.31. The van der Waals surface area contributed by atoms with Crippen LogP contribution in [0.3, 0.4) is 0 Å². The molecular weight excluding hydrogens is 232 g/mol. The van der Waals surface area contributed by atoms with Crippen LogP contribution in [0.5, 0.6) is 0 Å². The Hall–Kier alpha value is -0.650. The van der Waals surface area contributed by atoms with Crippen molar-refractivity contribution in [2.75, 3.05) is 31.6 Å². The third-order valence-corrected chi connectivity index (χ3v) is 4.02. The van der Waals surface area contributed by atoms with Crippen LogP contribution in [-0.2, 0) is 6.54 Å². The van der Waals surface area contributed by atoms with E-state index in [-0.39, 0.29) is 0 Å². The lowest BCUT2D eigenvalue weighted by Gasteiger charge is -2.30. The van der Waals surface area contributed by atoms with Gasteiger partial charge in [-0.2, -0.15) is 11.8 Å². The lowest BCUT2D eigenvalue weighted by Crippen LogP contribution is -2.33. The Morgan fingerprint density at radius 3 is 2.88 bits per heavy atom. The maximum atomic E-state index is 4.50. The van der Waals surface area contributed by atoms with Crippen LogP contribution >= 0.6 is 11.8 Å². The van der Waals surface area contributed by atoms with Gasteiger partial charge < -0.3 is 5.32 Å². The number of aromatic nitrogens is 2. The molecule has 1 aliphatic heterocycles. The molecule has 1 aromatic rings. The molecule has 94 valence electrons. The minimum Gasteiger partial charge on any atom is -0.313 e. The Morgan fingerprint density at radius 1 is 1.47 bits per heavy atom. The summed E-state index contributed by atoms with van der Waals surface area (Å²) >= 11 is 1.99. The molecule has 4 nitrogen and oxygen atoms in total. The smallest absolute Gasteiger partial charge is 0.146 e. The summed E-state index contributed by atoms with van der Waals surface area (Å²) < 4.78 is 0. The second-order valence-electron chi connectivity index (χ2n) is 4.30. The Morgan fingerprint density at radius 2 is 2.24 bits per heavy atom. The first-order valence-corrected chi connectivity index (χ1v) is 7.26. The molecule has 1 atom stereocenters. The van der Waals surface area contributed by atoms with Gasteiger partial charge in [0.1, 0.15) is 5.82 Å². The summed E-state index contributed by atoms with van der Waals surface area (Å²) in [6, 6.07) is 0.377. The highest BCUT2D eigenvalue weighted by Crippen LogP contribution is 2.25. The predicted molar refractivity (Wildman–Crippen MR) is 72.1 cm³/mol. The van der Waals surface area contributed by atoms with E-state index in [4.69, 9.17) is 0 Å². The zero-order valence-corrected chi connectivity index (χ0v) is 11.3. The molecule has 1 aromatic heterocycles. The minimum atomic E-state index is 0.377. The summed E-state index contributed by atoms with van der Waals surface area (Å²) in [6.45, 7) is 5.05. The van der Waals surface area contributed by atoms with Gasteiger partial charge in [-0.25, -0.2) is 9.97 Å².